The number of anilines is 2. The summed E-state index contributed by atoms with van der Waals surface area (Å²) in [5.74, 6) is 2.98. The van der Waals surface area contributed by atoms with Crippen molar-refractivity contribution < 1.29 is 64.4 Å². The number of rotatable bonds is 17. The highest BCUT2D eigenvalue weighted by Crippen LogP contribution is 2.62. The SMILES string of the molecule is CCCCCC1CCC(c2ccc(-c3ccc(OC(=O)C4CCC(C(=O)Oc5ccc(N6CCN(c7cc8c9c(c%10c(c8cc7OC)OC(c7ccc(OC)cc7)(c7ccc(OC)cc7)C=C%10)C(C)(C)c7c-9cc(C(F)(F)F)cc7C(F)(F)F)CC6)cc5)CC4)cc3)cc2)CC1. The van der Waals surface area contributed by atoms with Crippen LogP contribution in [0.15, 0.2) is 152 Å². The molecule has 2 heterocycles. The van der Waals surface area contributed by atoms with Crippen LogP contribution >= 0.6 is 0 Å². The lowest BCUT2D eigenvalue weighted by Crippen LogP contribution is -2.46. The molecule has 0 aromatic heterocycles. The zero-order valence-corrected chi connectivity index (χ0v) is 55.1. The summed E-state index contributed by atoms with van der Waals surface area (Å²) < 4.78 is 127. The van der Waals surface area contributed by atoms with Crippen molar-refractivity contribution in [3.8, 4) is 56.8 Å². The standard InChI is InChI=1S/C80H80F6N2O8/c1-7-8-9-10-49-11-13-50(14-12-49)51-15-17-52(18-16-51)53-23-31-62(32-24-53)94-75(89)54-19-21-55(22-20-54)76(90)95-63-37-29-59(30-38-63)87-41-43-88(44-42-87)69-47-65-66(48-70(69)93-6)74-64(73-71(65)67-45-58(79(81,82)83)46-68(80(84,85)86)72(67)77(73,2)3)39-40-78(96-74,56-25-33-60(91-4)34-26-56)57-27-35-61(92-5)36-28-57/h15-18,23-40,45-50,54-55H,7-14,19-22,41-44H2,1-6H3. The molecule has 500 valence electrons. The number of benzene rings is 8. The fraction of sp³-hybridized carbons (Fsp3) is 0.375. The minimum absolute atomic E-state index is 0.158. The number of carbonyl (C=O) groups excluding carboxylic acids is 2. The lowest BCUT2D eigenvalue weighted by Gasteiger charge is -2.39. The Kier molecular flexibility index (Phi) is 18.2. The zero-order chi connectivity index (χ0) is 67.3. The molecule has 10 nitrogen and oxygen atoms in total. The van der Waals surface area contributed by atoms with E-state index in [4.69, 9.17) is 28.4 Å². The number of hydrogen-bond donors (Lipinski definition) is 0. The topological polar surface area (TPSA) is 96.0 Å². The van der Waals surface area contributed by atoms with Gasteiger partial charge in [0.2, 0.25) is 0 Å². The number of methoxy groups -OCH3 is 3. The van der Waals surface area contributed by atoms with E-state index < -0.39 is 34.5 Å². The third kappa shape index (κ3) is 12.8. The summed E-state index contributed by atoms with van der Waals surface area (Å²) in [6, 6.07) is 43.3. The smallest absolute Gasteiger partial charge is 0.416 e. The van der Waals surface area contributed by atoms with E-state index >= 15 is 13.2 Å². The molecule has 2 aliphatic heterocycles. The summed E-state index contributed by atoms with van der Waals surface area (Å²) in [6.07, 6.45) is 5.95. The van der Waals surface area contributed by atoms with Crippen molar-refractivity contribution in [3.05, 3.63) is 196 Å². The average Bonchev–Trinajstić information content (AvgIpc) is 1.49. The van der Waals surface area contributed by atoms with Crippen molar-refractivity contribution >= 4 is 40.2 Å². The van der Waals surface area contributed by atoms with E-state index in [1.807, 2.05) is 78.9 Å². The van der Waals surface area contributed by atoms with E-state index in [2.05, 4.69) is 41.0 Å². The molecule has 8 aromatic rings. The van der Waals surface area contributed by atoms with Crippen LogP contribution in [0.25, 0.3) is 39.1 Å². The number of fused-ring (bicyclic) bond motifs is 8. The monoisotopic (exact) mass is 1310 g/mol. The molecular formula is C80H80F6N2O8. The summed E-state index contributed by atoms with van der Waals surface area (Å²) in [5, 5.41) is 0.819. The second-order valence-electron chi connectivity index (χ2n) is 27.0. The van der Waals surface area contributed by atoms with Gasteiger partial charge in [-0.25, -0.2) is 0 Å². The second kappa shape index (κ2) is 26.6. The molecular weight excluding hydrogens is 1230 g/mol. The Morgan fingerprint density at radius 2 is 1.09 bits per heavy atom. The molecule has 2 saturated carbocycles. The highest BCUT2D eigenvalue weighted by Gasteiger charge is 2.51. The predicted octanol–water partition coefficient (Wildman–Crippen LogP) is 19.7. The Balaban J connectivity index is 0.691. The number of ether oxygens (including phenoxy) is 6. The van der Waals surface area contributed by atoms with Gasteiger partial charge in [-0.15, -0.1) is 0 Å². The van der Waals surface area contributed by atoms with Crippen molar-refractivity contribution in [2.45, 2.75) is 127 Å². The number of halogens is 6. The molecule has 0 unspecified atom stereocenters. The average molecular weight is 1310 g/mol. The number of carbonyl (C=O) groups is 2. The molecule has 8 aromatic carbocycles. The predicted molar refractivity (Wildman–Crippen MR) is 363 cm³/mol. The Labute approximate surface area is 557 Å². The number of unbranched alkanes of at least 4 members (excludes halogenated alkanes) is 2. The molecule has 0 N–H and O–H groups in total. The van der Waals surface area contributed by atoms with E-state index in [0.717, 1.165) is 28.8 Å². The maximum Gasteiger partial charge on any atom is 0.416 e. The molecule has 0 bridgehead atoms. The molecule has 96 heavy (non-hydrogen) atoms. The highest BCUT2D eigenvalue weighted by molar-refractivity contribution is 6.11. The first-order valence-corrected chi connectivity index (χ1v) is 33.6. The lowest BCUT2D eigenvalue weighted by atomic mass is 9.75. The van der Waals surface area contributed by atoms with Crippen LogP contribution in [-0.2, 0) is 33.0 Å². The number of esters is 2. The fourth-order valence-electron chi connectivity index (χ4n) is 15.7. The quantitative estimate of drug-likeness (QED) is 0.0380. The van der Waals surface area contributed by atoms with Gasteiger partial charge in [0, 0.05) is 59.4 Å². The van der Waals surface area contributed by atoms with Crippen LogP contribution in [-0.4, -0.2) is 59.4 Å². The minimum atomic E-state index is -5.14. The van der Waals surface area contributed by atoms with Gasteiger partial charge in [-0.2, -0.15) is 26.3 Å². The first-order chi connectivity index (χ1) is 46.2. The van der Waals surface area contributed by atoms with Crippen molar-refractivity contribution in [1.82, 2.24) is 0 Å². The molecule has 16 heteroatoms. The summed E-state index contributed by atoms with van der Waals surface area (Å²) >= 11 is 0. The second-order valence-corrected chi connectivity index (χ2v) is 27.0. The lowest BCUT2D eigenvalue weighted by molar-refractivity contribution is -0.145. The number of piperazine rings is 1. The van der Waals surface area contributed by atoms with E-state index in [9.17, 15) is 22.8 Å². The van der Waals surface area contributed by atoms with Crippen molar-refractivity contribution in [1.29, 1.82) is 0 Å². The maximum absolute atomic E-state index is 15.4. The highest BCUT2D eigenvalue weighted by atomic mass is 19.4. The number of nitrogens with zero attached hydrogens (tertiary/aromatic N) is 2. The maximum atomic E-state index is 15.4. The molecule has 1 saturated heterocycles. The van der Waals surface area contributed by atoms with Crippen LogP contribution in [0.5, 0.6) is 34.5 Å². The number of alkyl halides is 6. The van der Waals surface area contributed by atoms with Crippen molar-refractivity contribution in [3.63, 3.8) is 0 Å². The molecule has 0 spiro atoms. The summed E-state index contributed by atoms with van der Waals surface area (Å²) in [7, 11) is 4.65. The van der Waals surface area contributed by atoms with Gasteiger partial charge in [-0.05, 0) is 199 Å². The molecule has 0 atom stereocenters. The number of hydrogen-bond acceptors (Lipinski definition) is 10. The summed E-state index contributed by atoms with van der Waals surface area (Å²) in [5.41, 5.74) is 1.55. The first kappa shape index (κ1) is 65.7. The van der Waals surface area contributed by atoms with Crippen molar-refractivity contribution in [2.75, 3.05) is 57.3 Å². The fourth-order valence-corrected chi connectivity index (χ4v) is 15.7. The largest absolute Gasteiger partial charge is 0.497 e. The minimum Gasteiger partial charge on any atom is -0.497 e. The van der Waals surface area contributed by atoms with Gasteiger partial charge < -0.3 is 38.2 Å². The third-order valence-electron chi connectivity index (χ3n) is 21.0. The van der Waals surface area contributed by atoms with Crippen LogP contribution in [0, 0.1) is 17.8 Å². The van der Waals surface area contributed by atoms with Crippen LogP contribution in [0.4, 0.5) is 37.7 Å². The summed E-state index contributed by atoms with van der Waals surface area (Å²) in [4.78, 5) is 31.3. The summed E-state index contributed by atoms with van der Waals surface area (Å²) in [6.45, 7) is 7.48. The van der Waals surface area contributed by atoms with Crippen LogP contribution in [0.3, 0.4) is 0 Å². The zero-order valence-electron chi connectivity index (χ0n) is 55.1. The van der Waals surface area contributed by atoms with Gasteiger partial charge in [-0.3, -0.25) is 9.59 Å². The van der Waals surface area contributed by atoms with Gasteiger partial charge in [0.15, 0.2) is 5.60 Å². The van der Waals surface area contributed by atoms with E-state index in [1.54, 1.807) is 70.5 Å². The van der Waals surface area contributed by atoms with Gasteiger partial charge in [0.05, 0.1) is 50.0 Å². The Morgan fingerprint density at radius 3 is 1.61 bits per heavy atom. The molecule has 3 aliphatic carbocycles. The van der Waals surface area contributed by atoms with E-state index in [-0.39, 0.29) is 46.5 Å². The molecule has 13 rings (SSSR count). The Bertz CT molecular complexity index is 4130. The van der Waals surface area contributed by atoms with Crippen molar-refractivity contribution in [2.24, 2.45) is 17.8 Å². The van der Waals surface area contributed by atoms with Gasteiger partial charge in [0.1, 0.15) is 34.5 Å². The Hall–Kier alpha value is -8.92. The molecule has 3 fully saturated rings. The van der Waals surface area contributed by atoms with Crippen LogP contribution in [0.2, 0.25) is 0 Å². The van der Waals surface area contributed by atoms with E-state index in [0.29, 0.717) is 131 Å². The Morgan fingerprint density at radius 1 is 0.562 bits per heavy atom. The van der Waals surface area contributed by atoms with E-state index in [1.165, 1.54) is 64.0 Å². The first-order valence-electron chi connectivity index (χ1n) is 33.6. The molecule has 5 aliphatic rings. The molecule has 0 amide bonds. The normalized spacial score (nSPS) is 19.6. The van der Waals surface area contributed by atoms with Crippen LogP contribution in [0.1, 0.15) is 148 Å². The van der Waals surface area contributed by atoms with Gasteiger partial charge in [0.25, 0.3) is 0 Å². The van der Waals surface area contributed by atoms with Crippen LogP contribution < -0.4 is 38.2 Å². The third-order valence-corrected chi connectivity index (χ3v) is 21.0. The van der Waals surface area contributed by atoms with Gasteiger partial charge in [-0.1, -0.05) is 113 Å². The molecule has 0 radical (unpaired) electrons. The van der Waals surface area contributed by atoms with Gasteiger partial charge >= 0.3 is 24.3 Å².